The average molecular weight is 425 g/mol. The molecule has 1 heterocycles. The van der Waals surface area contributed by atoms with E-state index in [1.54, 1.807) is 18.2 Å². The van der Waals surface area contributed by atoms with Gasteiger partial charge < -0.3 is 5.32 Å². The quantitative estimate of drug-likeness (QED) is 0.683. The maximum absolute atomic E-state index is 12.9. The van der Waals surface area contributed by atoms with Crippen molar-refractivity contribution in [2.45, 2.75) is 12.7 Å². The Morgan fingerprint density at radius 3 is 2.59 bits per heavy atom. The summed E-state index contributed by atoms with van der Waals surface area (Å²) >= 11 is 5.85. The molecular weight excluding hydrogens is 409 g/mol. The van der Waals surface area contributed by atoms with E-state index in [1.807, 2.05) is 0 Å². The van der Waals surface area contributed by atoms with Crippen molar-refractivity contribution < 1.29 is 18.0 Å². The Morgan fingerprint density at radius 2 is 1.90 bits per heavy atom. The molecule has 2 aromatic carbocycles. The Morgan fingerprint density at radius 1 is 1.17 bits per heavy atom. The molecule has 0 aliphatic heterocycles. The SMILES string of the molecule is Cn1c(-c2cccc(C(F)(F)F)c2)nn(CCNC(=O)c2cccc(Cl)c2)c1=O. The topological polar surface area (TPSA) is 68.9 Å². The van der Waals surface area contributed by atoms with Gasteiger partial charge in [0.1, 0.15) is 0 Å². The highest BCUT2D eigenvalue weighted by molar-refractivity contribution is 6.30. The van der Waals surface area contributed by atoms with Crippen molar-refractivity contribution in [2.75, 3.05) is 6.54 Å². The third kappa shape index (κ3) is 4.68. The van der Waals surface area contributed by atoms with E-state index >= 15 is 0 Å². The molecular formula is C19H16ClF3N4O2. The zero-order valence-electron chi connectivity index (χ0n) is 15.2. The highest BCUT2D eigenvalue weighted by atomic mass is 35.5. The minimum Gasteiger partial charge on any atom is -0.350 e. The summed E-state index contributed by atoms with van der Waals surface area (Å²) in [6.45, 7) is 0.155. The van der Waals surface area contributed by atoms with Crippen LogP contribution in [0.2, 0.25) is 5.02 Å². The summed E-state index contributed by atoms with van der Waals surface area (Å²) in [5.41, 5.74) is -0.795. The first-order chi connectivity index (χ1) is 13.7. The number of carbonyl (C=O) groups is 1. The van der Waals surface area contributed by atoms with E-state index in [2.05, 4.69) is 10.4 Å². The van der Waals surface area contributed by atoms with Gasteiger partial charge in [-0.05, 0) is 30.3 Å². The van der Waals surface area contributed by atoms with Crippen LogP contribution in [0, 0.1) is 0 Å². The van der Waals surface area contributed by atoms with Gasteiger partial charge in [-0.3, -0.25) is 9.36 Å². The second kappa shape index (κ2) is 8.12. The Hall–Kier alpha value is -3.07. The Bertz CT molecular complexity index is 1110. The summed E-state index contributed by atoms with van der Waals surface area (Å²) in [5, 5.41) is 7.18. The van der Waals surface area contributed by atoms with Crippen LogP contribution in [0.4, 0.5) is 13.2 Å². The van der Waals surface area contributed by atoms with Gasteiger partial charge >= 0.3 is 11.9 Å². The van der Waals surface area contributed by atoms with Crippen LogP contribution < -0.4 is 11.0 Å². The monoisotopic (exact) mass is 424 g/mol. The molecule has 0 fully saturated rings. The van der Waals surface area contributed by atoms with Crippen LogP contribution >= 0.6 is 11.6 Å². The van der Waals surface area contributed by atoms with Crippen LogP contribution in [0.15, 0.2) is 53.3 Å². The maximum atomic E-state index is 12.9. The fourth-order valence-corrected chi connectivity index (χ4v) is 2.92. The molecule has 0 saturated heterocycles. The highest BCUT2D eigenvalue weighted by Gasteiger charge is 2.30. The Kier molecular flexibility index (Phi) is 5.78. The lowest BCUT2D eigenvalue weighted by Crippen LogP contribution is -2.31. The molecule has 0 saturated carbocycles. The van der Waals surface area contributed by atoms with Crippen molar-refractivity contribution in [3.8, 4) is 11.4 Å². The van der Waals surface area contributed by atoms with E-state index in [9.17, 15) is 22.8 Å². The number of nitrogens with zero attached hydrogens (tertiary/aromatic N) is 3. The lowest BCUT2D eigenvalue weighted by molar-refractivity contribution is -0.137. The van der Waals surface area contributed by atoms with Gasteiger partial charge in [0, 0.05) is 29.7 Å². The number of hydrogen-bond acceptors (Lipinski definition) is 3. The normalized spacial score (nSPS) is 11.5. The lowest BCUT2D eigenvalue weighted by atomic mass is 10.1. The number of amides is 1. The largest absolute Gasteiger partial charge is 0.416 e. The second-order valence-electron chi connectivity index (χ2n) is 6.23. The first-order valence-electron chi connectivity index (χ1n) is 8.52. The molecule has 1 amide bonds. The van der Waals surface area contributed by atoms with Crippen LogP contribution in [0.25, 0.3) is 11.4 Å². The predicted molar refractivity (Wildman–Crippen MR) is 102 cm³/mol. The molecule has 0 unspecified atom stereocenters. The highest BCUT2D eigenvalue weighted by Crippen LogP contribution is 2.31. The molecule has 0 bridgehead atoms. The van der Waals surface area contributed by atoms with E-state index in [0.29, 0.717) is 10.6 Å². The van der Waals surface area contributed by atoms with Crippen molar-refractivity contribution in [1.82, 2.24) is 19.7 Å². The molecule has 0 radical (unpaired) electrons. The zero-order valence-corrected chi connectivity index (χ0v) is 16.0. The third-order valence-electron chi connectivity index (χ3n) is 4.18. The van der Waals surface area contributed by atoms with Crippen molar-refractivity contribution in [1.29, 1.82) is 0 Å². The minimum atomic E-state index is -4.50. The van der Waals surface area contributed by atoms with Crippen LogP contribution in [-0.4, -0.2) is 26.8 Å². The summed E-state index contributed by atoms with van der Waals surface area (Å²) in [4.78, 5) is 24.5. The van der Waals surface area contributed by atoms with E-state index in [1.165, 1.54) is 25.2 Å². The van der Waals surface area contributed by atoms with E-state index in [4.69, 9.17) is 11.6 Å². The number of carbonyl (C=O) groups excluding carboxylic acids is 1. The van der Waals surface area contributed by atoms with Crippen LogP contribution in [0.1, 0.15) is 15.9 Å². The van der Waals surface area contributed by atoms with Crippen LogP contribution in [0.5, 0.6) is 0 Å². The fourth-order valence-electron chi connectivity index (χ4n) is 2.73. The molecule has 0 aliphatic rings. The molecule has 1 aromatic heterocycles. The summed E-state index contributed by atoms with van der Waals surface area (Å²) in [6.07, 6.45) is -4.50. The van der Waals surface area contributed by atoms with Crippen molar-refractivity contribution >= 4 is 17.5 Å². The smallest absolute Gasteiger partial charge is 0.350 e. The molecule has 10 heteroatoms. The Labute approximate surface area is 168 Å². The van der Waals surface area contributed by atoms with Gasteiger partial charge in [-0.2, -0.15) is 13.2 Å². The summed E-state index contributed by atoms with van der Waals surface area (Å²) in [5.74, 6) is -0.267. The zero-order chi connectivity index (χ0) is 21.2. The third-order valence-corrected chi connectivity index (χ3v) is 4.42. The molecule has 29 heavy (non-hydrogen) atoms. The molecule has 6 nitrogen and oxygen atoms in total. The van der Waals surface area contributed by atoms with Crippen molar-refractivity contribution in [3.63, 3.8) is 0 Å². The average Bonchev–Trinajstić information content (AvgIpc) is 2.96. The number of halogens is 4. The lowest BCUT2D eigenvalue weighted by Gasteiger charge is -2.08. The van der Waals surface area contributed by atoms with Crippen LogP contribution in [-0.2, 0) is 19.8 Å². The van der Waals surface area contributed by atoms with Crippen LogP contribution in [0.3, 0.4) is 0 Å². The molecule has 0 atom stereocenters. The second-order valence-corrected chi connectivity index (χ2v) is 6.67. The minimum absolute atomic E-state index is 0.0535. The molecule has 0 spiro atoms. The standard InChI is InChI=1S/C19H16ClF3N4O2/c1-26-16(12-4-2-6-14(10-12)19(21,22)23)25-27(18(26)29)9-8-24-17(28)13-5-3-7-15(20)11-13/h2-7,10-11H,8-9H2,1H3,(H,24,28). The van der Waals surface area contributed by atoms with Gasteiger partial charge in [-0.15, -0.1) is 5.10 Å². The van der Waals surface area contributed by atoms with Gasteiger partial charge in [-0.25, -0.2) is 9.48 Å². The van der Waals surface area contributed by atoms with Crippen molar-refractivity contribution in [3.05, 3.63) is 75.2 Å². The predicted octanol–water partition coefficient (Wildman–Crippen LogP) is 3.35. The summed E-state index contributed by atoms with van der Waals surface area (Å²) in [6, 6.07) is 11.0. The summed E-state index contributed by atoms with van der Waals surface area (Å²) < 4.78 is 41.1. The van der Waals surface area contributed by atoms with Gasteiger partial charge in [0.2, 0.25) is 0 Å². The molecule has 3 rings (SSSR count). The number of nitrogens with one attached hydrogen (secondary N) is 1. The number of rotatable bonds is 5. The van der Waals surface area contributed by atoms with Gasteiger partial charge in [-0.1, -0.05) is 29.8 Å². The first kappa shape index (κ1) is 20.7. The number of alkyl halides is 3. The molecule has 0 aliphatic carbocycles. The van der Waals surface area contributed by atoms with Crippen molar-refractivity contribution in [2.24, 2.45) is 7.05 Å². The van der Waals surface area contributed by atoms with Gasteiger partial charge in [0.15, 0.2) is 5.82 Å². The Balaban J connectivity index is 1.74. The fraction of sp³-hybridized carbons (Fsp3) is 0.211. The number of aromatic nitrogens is 3. The van der Waals surface area contributed by atoms with E-state index < -0.39 is 17.4 Å². The maximum Gasteiger partial charge on any atom is 0.416 e. The molecule has 152 valence electrons. The van der Waals surface area contributed by atoms with E-state index in [0.717, 1.165) is 21.4 Å². The number of hydrogen-bond donors (Lipinski definition) is 1. The van der Waals surface area contributed by atoms with E-state index in [-0.39, 0.29) is 30.4 Å². The van der Waals surface area contributed by atoms with Gasteiger partial charge in [0.25, 0.3) is 5.91 Å². The summed E-state index contributed by atoms with van der Waals surface area (Å²) in [7, 11) is 1.42. The molecule has 1 N–H and O–H groups in total. The first-order valence-corrected chi connectivity index (χ1v) is 8.90. The number of benzene rings is 2. The molecule has 3 aromatic rings. The van der Waals surface area contributed by atoms with Gasteiger partial charge in [0.05, 0.1) is 12.1 Å².